The summed E-state index contributed by atoms with van der Waals surface area (Å²) < 4.78 is 40.1. The predicted molar refractivity (Wildman–Crippen MR) is 137 cm³/mol. The summed E-state index contributed by atoms with van der Waals surface area (Å²) in [7, 11) is -2.16. The average Bonchev–Trinajstić information content (AvgIpc) is 2.88. The van der Waals surface area contributed by atoms with E-state index in [-0.39, 0.29) is 48.1 Å². The first-order chi connectivity index (χ1) is 17.2. The van der Waals surface area contributed by atoms with Gasteiger partial charge < -0.3 is 10.2 Å². The van der Waals surface area contributed by atoms with Crippen molar-refractivity contribution >= 4 is 21.8 Å². The molecule has 1 atom stereocenters. The van der Waals surface area contributed by atoms with E-state index in [2.05, 4.69) is 5.32 Å². The lowest BCUT2D eigenvalue weighted by molar-refractivity contribution is -0.141. The maximum Gasteiger partial charge on any atom is 0.242 e. The average molecular weight is 518 g/mol. The molecule has 0 spiro atoms. The lowest BCUT2D eigenvalue weighted by Gasteiger charge is -2.31. The highest BCUT2D eigenvalue weighted by Crippen LogP contribution is 2.19. The molecule has 7 nitrogen and oxygen atoms in total. The van der Waals surface area contributed by atoms with E-state index in [9.17, 15) is 22.4 Å². The molecule has 1 unspecified atom stereocenters. The second kappa shape index (κ2) is 13.0. The standard InChI is InChI=1S/C27H36FN3O4S/c1-21(27(33)29-24-10-5-3-6-11-24)31(20-22-15-17-23(28)18-16-22)26(32)14-9-19-30(2)36(34,35)25-12-7-4-8-13-25/h4,7-8,12-13,15-18,21,24H,3,5-6,9-11,14,19-20H2,1-2H3,(H,29,33). The Kier molecular flexibility index (Phi) is 10.0. The van der Waals surface area contributed by atoms with Crippen molar-refractivity contribution in [2.24, 2.45) is 0 Å². The molecule has 1 saturated carbocycles. The summed E-state index contributed by atoms with van der Waals surface area (Å²) in [6.07, 6.45) is 5.59. The van der Waals surface area contributed by atoms with Crippen LogP contribution in [0.2, 0.25) is 0 Å². The largest absolute Gasteiger partial charge is 0.352 e. The topological polar surface area (TPSA) is 86.8 Å². The second-order valence-electron chi connectivity index (χ2n) is 9.41. The zero-order valence-corrected chi connectivity index (χ0v) is 21.8. The Morgan fingerprint density at radius 1 is 1.03 bits per heavy atom. The van der Waals surface area contributed by atoms with Crippen LogP contribution in [0.15, 0.2) is 59.5 Å². The van der Waals surface area contributed by atoms with E-state index in [0.717, 1.165) is 25.7 Å². The highest BCUT2D eigenvalue weighted by Gasteiger charge is 2.28. The second-order valence-corrected chi connectivity index (χ2v) is 11.5. The number of carbonyl (C=O) groups is 2. The third-order valence-electron chi connectivity index (χ3n) is 6.70. The third-order valence-corrected chi connectivity index (χ3v) is 8.57. The van der Waals surface area contributed by atoms with Gasteiger partial charge in [0, 0.05) is 32.6 Å². The SMILES string of the molecule is CC(C(=O)NC1CCCCC1)N(Cc1ccc(F)cc1)C(=O)CCCN(C)S(=O)(=O)c1ccccc1. The number of benzene rings is 2. The first kappa shape index (κ1) is 27.8. The van der Waals surface area contributed by atoms with Gasteiger partial charge >= 0.3 is 0 Å². The van der Waals surface area contributed by atoms with E-state index in [0.29, 0.717) is 12.0 Å². The van der Waals surface area contributed by atoms with Gasteiger partial charge in [0.1, 0.15) is 11.9 Å². The Balaban J connectivity index is 1.64. The molecule has 0 saturated heterocycles. The summed E-state index contributed by atoms with van der Waals surface area (Å²) in [6.45, 7) is 2.03. The van der Waals surface area contributed by atoms with Crippen molar-refractivity contribution in [2.45, 2.75) is 75.4 Å². The molecule has 196 valence electrons. The number of halogens is 1. The summed E-state index contributed by atoms with van der Waals surface area (Å²) in [4.78, 5) is 28.0. The van der Waals surface area contributed by atoms with Crippen LogP contribution in [0.4, 0.5) is 4.39 Å². The monoisotopic (exact) mass is 517 g/mol. The number of hydrogen-bond donors (Lipinski definition) is 1. The molecule has 1 fully saturated rings. The van der Waals surface area contributed by atoms with Gasteiger partial charge in [-0.15, -0.1) is 0 Å². The van der Waals surface area contributed by atoms with Crippen molar-refractivity contribution in [2.75, 3.05) is 13.6 Å². The smallest absolute Gasteiger partial charge is 0.242 e. The number of carbonyl (C=O) groups excluding carboxylic acids is 2. The summed E-state index contributed by atoms with van der Waals surface area (Å²) in [6, 6.07) is 13.4. The summed E-state index contributed by atoms with van der Waals surface area (Å²) in [5.74, 6) is -0.834. The molecular weight excluding hydrogens is 481 g/mol. The molecule has 0 heterocycles. The maximum atomic E-state index is 13.4. The predicted octanol–water partition coefficient (Wildman–Crippen LogP) is 4.09. The molecule has 0 aliphatic heterocycles. The Bertz CT molecular complexity index is 1100. The zero-order valence-electron chi connectivity index (χ0n) is 21.0. The first-order valence-electron chi connectivity index (χ1n) is 12.5. The van der Waals surface area contributed by atoms with Gasteiger partial charge in [-0.1, -0.05) is 49.6 Å². The zero-order chi connectivity index (χ0) is 26.1. The van der Waals surface area contributed by atoms with Crippen LogP contribution in [0.5, 0.6) is 0 Å². The number of rotatable bonds is 11. The van der Waals surface area contributed by atoms with Gasteiger partial charge in [0.2, 0.25) is 21.8 Å². The number of sulfonamides is 1. The fraction of sp³-hybridized carbons (Fsp3) is 0.481. The van der Waals surface area contributed by atoms with Crippen LogP contribution in [-0.2, 0) is 26.2 Å². The molecule has 9 heteroatoms. The minimum Gasteiger partial charge on any atom is -0.352 e. The van der Waals surface area contributed by atoms with Crippen molar-refractivity contribution in [1.29, 1.82) is 0 Å². The van der Waals surface area contributed by atoms with Crippen molar-refractivity contribution in [3.63, 3.8) is 0 Å². The van der Waals surface area contributed by atoms with Crippen LogP contribution in [0.25, 0.3) is 0 Å². The Morgan fingerprint density at radius 2 is 1.67 bits per heavy atom. The molecule has 2 amide bonds. The number of hydrogen-bond acceptors (Lipinski definition) is 4. The van der Waals surface area contributed by atoms with Crippen molar-refractivity contribution in [1.82, 2.24) is 14.5 Å². The van der Waals surface area contributed by atoms with E-state index < -0.39 is 16.1 Å². The maximum absolute atomic E-state index is 13.4. The quantitative estimate of drug-likeness (QED) is 0.486. The highest BCUT2D eigenvalue weighted by molar-refractivity contribution is 7.89. The van der Waals surface area contributed by atoms with Gasteiger partial charge in [-0.3, -0.25) is 9.59 Å². The number of nitrogens with zero attached hydrogens (tertiary/aromatic N) is 2. The molecule has 2 aromatic rings. The van der Waals surface area contributed by atoms with Gasteiger partial charge in [-0.05, 0) is 56.0 Å². The molecule has 0 bridgehead atoms. The minimum absolute atomic E-state index is 0.0803. The molecule has 2 aromatic carbocycles. The van der Waals surface area contributed by atoms with E-state index in [1.165, 1.54) is 46.9 Å². The van der Waals surface area contributed by atoms with Crippen molar-refractivity contribution in [3.05, 3.63) is 66.0 Å². The van der Waals surface area contributed by atoms with Crippen LogP contribution in [0, 0.1) is 5.82 Å². The molecule has 1 aliphatic carbocycles. The van der Waals surface area contributed by atoms with Crippen molar-refractivity contribution in [3.8, 4) is 0 Å². The fourth-order valence-corrected chi connectivity index (χ4v) is 5.66. The Morgan fingerprint density at radius 3 is 2.31 bits per heavy atom. The molecule has 0 radical (unpaired) electrons. The van der Waals surface area contributed by atoms with Crippen LogP contribution in [0.3, 0.4) is 0 Å². The molecule has 1 aliphatic rings. The minimum atomic E-state index is -3.65. The number of nitrogens with one attached hydrogen (secondary N) is 1. The third kappa shape index (κ3) is 7.61. The van der Waals surface area contributed by atoms with Crippen molar-refractivity contribution < 1.29 is 22.4 Å². The van der Waals surface area contributed by atoms with E-state index in [4.69, 9.17) is 0 Å². The lowest BCUT2D eigenvalue weighted by atomic mass is 9.95. The lowest BCUT2D eigenvalue weighted by Crippen LogP contribution is -2.50. The van der Waals surface area contributed by atoms with Crippen LogP contribution < -0.4 is 5.32 Å². The molecule has 36 heavy (non-hydrogen) atoms. The van der Waals surface area contributed by atoms with Crippen LogP contribution in [-0.4, -0.2) is 55.1 Å². The fourth-order valence-electron chi connectivity index (χ4n) is 4.43. The van der Waals surface area contributed by atoms with Crippen LogP contribution in [0.1, 0.15) is 57.4 Å². The Labute approximate surface area is 213 Å². The highest BCUT2D eigenvalue weighted by atomic mass is 32.2. The molecule has 1 N–H and O–H groups in total. The summed E-state index contributed by atoms with van der Waals surface area (Å²) in [5, 5.41) is 3.08. The molecular formula is C27H36FN3O4S. The van der Waals surface area contributed by atoms with Gasteiger partial charge in [0.15, 0.2) is 0 Å². The molecule has 0 aromatic heterocycles. The van der Waals surface area contributed by atoms with Gasteiger partial charge in [-0.25, -0.2) is 17.1 Å². The van der Waals surface area contributed by atoms with Gasteiger partial charge in [0.05, 0.1) is 4.90 Å². The molecule has 3 rings (SSSR count). The van der Waals surface area contributed by atoms with E-state index in [1.807, 2.05) is 0 Å². The van der Waals surface area contributed by atoms with E-state index >= 15 is 0 Å². The number of amides is 2. The van der Waals surface area contributed by atoms with Crippen LogP contribution >= 0.6 is 0 Å². The Hall–Kier alpha value is -2.78. The summed E-state index contributed by atoms with van der Waals surface area (Å²) >= 11 is 0. The van der Waals surface area contributed by atoms with E-state index in [1.54, 1.807) is 37.3 Å². The first-order valence-corrected chi connectivity index (χ1v) is 14.0. The van der Waals surface area contributed by atoms with Gasteiger partial charge in [0.25, 0.3) is 0 Å². The normalized spacial score (nSPS) is 15.4. The van der Waals surface area contributed by atoms with Gasteiger partial charge in [-0.2, -0.15) is 0 Å². The summed E-state index contributed by atoms with van der Waals surface area (Å²) in [5.41, 5.74) is 0.714.